The van der Waals surface area contributed by atoms with Crippen LogP contribution < -0.4 is 4.89 Å². The second-order valence-electron chi connectivity index (χ2n) is 19.2. The first-order valence-corrected chi connectivity index (χ1v) is 29.4. The molecule has 0 aliphatic rings. The summed E-state index contributed by atoms with van der Waals surface area (Å²) in [5.74, 6) is -0.888. The second-order valence-corrected chi connectivity index (χ2v) is 20.6. The van der Waals surface area contributed by atoms with Crippen molar-refractivity contribution < 1.29 is 42.1 Å². The molecule has 9 nitrogen and oxygen atoms in total. The molecule has 0 N–H and O–H groups in total. The molecule has 0 aromatic heterocycles. The number of ether oxygens (including phenoxy) is 2. The number of phosphoric acid groups is 1. The summed E-state index contributed by atoms with van der Waals surface area (Å²) in [6.07, 6.45) is 74.9. The first-order valence-electron chi connectivity index (χ1n) is 27.9. The first-order chi connectivity index (χ1) is 35.0. The van der Waals surface area contributed by atoms with Gasteiger partial charge in [0.1, 0.15) is 19.8 Å². The number of phosphoric ester groups is 1. The molecule has 0 amide bonds. The molecule has 2 unspecified atom stereocenters. The third kappa shape index (κ3) is 55.5. The van der Waals surface area contributed by atoms with Crippen molar-refractivity contribution in [3.63, 3.8) is 0 Å². The monoisotopic (exact) mass is 1020 g/mol. The molecular formula is C62H102NO8P. The largest absolute Gasteiger partial charge is 0.756 e. The Labute approximate surface area is 441 Å². The van der Waals surface area contributed by atoms with Gasteiger partial charge in [0.15, 0.2) is 6.10 Å². The molecular weight excluding hydrogens is 918 g/mol. The zero-order valence-corrected chi connectivity index (χ0v) is 47.0. The van der Waals surface area contributed by atoms with Gasteiger partial charge in [-0.2, -0.15) is 0 Å². The average Bonchev–Trinajstić information content (AvgIpc) is 3.34. The fourth-order valence-corrected chi connectivity index (χ4v) is 7.65. The summed E-state index contributed by atoms with van der Waals surface area (Å²) < 4.78 is 34.1. The molecule has 10 heteroatoms. The minimum absolute atomic E-state index is 0.0465. The molecule has 408 valence electrons. The predicted molar refractivity (Wildman–Crippen MR) is 304 cm³/mol. The van der Waals surface area contributed by atoms with Gasteiger partial charge in [0.2, 0.25) is 0 Å². The Hall–Kier alpha value is -3.85. The minimum atomic E-state index is -4.66. The Morgan fingerprint density at radius 3 is 1.12 bits per heavy atom. The van der Waals surface area contributed by atoms with Gasteiger partial charge < -0.3 is 27.9 Å². The minimum Gasteiger partial charge on any atom is -0.756 e. The number of hydrogen-bond donors (Lipinski definition) is 0. The molecule has 0 radical (unpaired) electrons. The number of esters is 2. The topological polar surface area (TPSA) is 111 Å². The lowest BCUT2D eigenvalue weighted by molar-refractivity contribution is -0.870. The molecule has 0 aliphatic heterocycles. The Morgan fingerprint density at radius 1 is 0.431 bits per heavy atom. The van der Waals surface area contributed by atoms with Gasteiger partial charge in [-0.3, -0.25) is 14.2 Å². The molecule has 0 aliphatic carbocycles. The van der Waals surface area contributed by atoms with Crippen molar-refractivity contribution in [2.45, 2.75) is 200 Å². The number of nitrogens with zero attached hydrogens (tertiary/aromatic N) is 1. The van der Waals surface area contributed by atoms with Crippen molar-refractivity contribution in [2.75, 3.05) is 47.5 Å². The molecule has 0 aromatic carbocycles. The highest BCUT2D eigenvalue weighted by Crippen LogP contribution is 2.38. The third-order valence-electron chi connectivity index (χ3n) is 11.2. The summed E-state index contributed by atoms with van der Waals surface area (Å²) >= 11 is 0. The smallest absolute Gasteiger partial charge is 0.306 e. The van der Waals surface area contributed by atoms with Gasteiger partial charge in [-0.05, 0) is 109 Å². The number of quaternary nitrogens is 1. The number of carbonyl (C=O) groups excluding carboxylic acids is 2. The van der Waals surface area contributed by atoms with Crippen molar-refractivity contribution in [2.24, 2.45) is 0 Å². The van der Waals surface area contributed by atoms with Gasteiger partial charge in [-0.1, -0.05) is 205 Å². The van der Waals surface area contributed by atoms with Crippen LogP contribution in [0.2, 0.25) is 0 Å². The van der Waals surface area contributed by atoms with Crippen molar-refractivity contribution in [1.82, 2.24) is 0 Å². The average molecular weight is 1020 g/mol. The van der Waals surface area contributed by atoms with E-state index in [1.54, 1.807) is 0 Å². The van der Waals surface area contributed by atoms with Crippen LogP contribution in [0.5, 0.6) is 0 Å². The van der Waals surface area contributed by atoms with Crippen molar-refractivity contribution in [3.05, 3.63) is 134 Å². The van der Waals surface area contributed by atoms with Gasteiger partial charge in [-0.25, -0.2) is 0 Å². The number of allylic oxidation sites excluding steroid dienone is 22. The maximum Gasteiger partial charge on any atom is 0.306 e. The molecule has 0 bridgehead atoms. The van der Waals surface area contributed by atoms with E-state index in [0.29, 0.717) is 23.9 Å². The van der Waals surface area contributed by atoms with E-state index in [1.807, 2.05) is 21.1 Å². The van der Waals surface area contributed by atoms with Gasteiger partial charge in [-0.15, -0.1) is 0 Å². The molecule has 72 heavy (non-hydrogen) atoms. The Morgan fingerprint density at radius 2 is 0.750 bits per heavy atom. The highest BCUT2D eigenvalue weighted by Gasteiger charge is 2.21. The fourth-order valence-electron chi connectivity index (χ4n) is 6.92. The van der Waals surface area contributed by atoms with Crippen LogP contribution >= 0.6 is 7.82 Å². The highest BCUT2D eigenvalue weighted by atomic mass is 31.2. The van der Waals surface area contributed by atoms with E-state index in [-0.39, 0.29) is 26.1 Å². The van der Waals surface area contributed by atoms with Crippen molar-refractivity contribution in [3.8, 4) is 0 Å². The molecule has 0 rings (SSSR count). The SMILES string of the molecule is CC/C=C\C/C=C\C/C=C\C/C=C\C/C=C\C/C=C\C/C=C\CCCCCC(=O)OC(COC(=O)CCCCCCCCCCCC/C=C\C/C=C\C/C=C\C/C=C\CC)COP(=O)([O-])OCC[N+](C)(C)C. The molecule has 0 fully saturated rings. The van der Waals surface area contributed by atoms with E-state index in [1.165, 1.54) is 38.5 Å². The van der Waals surface area contributed by atoms with Crippen molar-refractivity contribution in [1.29, 1.82) is 0 Å². The van der Waals surface area contributed by atoms with Gasteiger partial charge >= 0.3 is 11.9 Å². The standard InChI is InChI=1S/C62H102NO8P/c1-6-8-10-12-14-16-18-20-22-24-26-28-30-31-33-35-37-39-41-43-45-47-49-51-53-55-62(65)71-60(59-70-72(66,67)69-57-56-63(3,4)5)58-68-61(64)54-52-50-48-46-44-42-40-38-36-34-32-29-27-25-23-21-19-17-15-13-11-9-7-2/h8-11,14-17,20-23,26-29,31,33,37,39,43,45,60H,6-7,12-13,18-19,24-25,30,32,34-36,38,40-42,44,46-59H2,1-5H3/b10-8-,11-9-,16-14-,17-15-,22-20-,23-21-,28-26-,29-27-,33-31-,39-37-,45-43-. The van der Waals surface area contributed by atoms with E-state index in [4.69, 9.17) is 18.5 Å². The summed E-state index contributed by atoms with van der Waals surface area (Å²) in [5, 5.41) is 0. The number of hydrogen-bond acceptors (Lipinski definition) is 8. The molecule has 2 atom stereocenters. The van der Waals surface area contributed by atoms with Crippen LogP contribution in [0.15, 0.2) is 134 Å². The van der Waals surface area contributed by atoms with Crippen LogP contribution in [0, 0.1) is 0 Å². The van der Waals surface area contributed by atoms with Gasteiger partial charge in [0, 0.05) is 12.8 Å². The van der Waals surface area contributed by atoms with Crippen LogP contribution in [0.1, 0.15) is 194 Å². The lowest BCUT2D eigenvalue weighted by Gasteiger charge is -2.28. The Bertz CT molecular complexity index is 1670. The molecule has 0 aromatic rings. The summed E-state index contributed by atoms with van der Waals surface area (Å²) in [7, 11) is 1.12. The zero-order chi connectivity index (χ0) is 52.7. The molecule has 0 heterocycles. The zero-order valence-electron chi connectivity index (χ0n) is 46.1. The molecule has 0 saturated heterocycles. The van der Waals surface area contributed by atoms with Crippen LogP contribution in [-0.4, -0.2) is 70.0 Å². The van der Waals surface area contributed by atoms with Crippen LogP contribution in [0.4, 0.5) is 0 Å². The van der Waals surface area contributed by atoms with E-state index in [9.17, 15) is 19.0 Å². The van der Waals surface area contributed by atoms with E-state index in [2.05, 4.69) is 148 Å². The summed E-state index contributed by atoms with van der Waals surface area (Å²) in [5.41, 5.74) is 0. The maximum absolute atomic E-state index is 12.8. The van der Waals surface area contributed by atoms with Crippen LogP contribution in [0.25, 0.3) is 0 Å². The van der Waals surface area contributed by atoms with E-state index in [0.717, 1.165) is 116 Å². The maximum atomic E-state index is 12.8. The molecule has 0 spiro atoms. The number of likely N-dealkylation sites (N-methyl/N-ethyl adjacent to an activating group) is 1. The number of carbonyl (C=O) groups is 2. The third-order valence-corrected chi connectivity index (χ3v) is 12.1. The summed E-state index contributed by atoms with van der Waals surface area (Å²) in [6, 6.07) is 0. The second kappa shape index (κ2) is 52.0. The van der Waals surface area contributed by atoms with Gasteiger partial charge in [0.25, 0.3) is 7.82 Å². The lowest BCUT2D eigenvalue weighted by Crippen LogP contribution is -2.37. The van der Waals surface area contributed by atoms with Crippen LogP contribution in [-0.2, 0) is 32.7 Å². The summed E-state index contributed by atoms with van der Waals surface area (Å²) in [4.78, 5) is 37.8. The quantitative estimate of drug-likeness (QED) is 0.0195. The first kappa shape index (κ1) is 68.2. The molecule has 0 saturated carbocycles. The van der Waals surface area contributed by atoms with Crippen molar-refractivity contribution >= 4 is 19.8 Å². The van der Waals surface area contributed by atoms with Gasteiger partial charge in [0.05, 0.1) is 27.7 Å². The van der Waals surface area contributed by atoms with Crippen LogP contribution in [0.3, 0.4) is 0 Å². The van der Waals surface area contributed by atoms with E-state index < -0.39 is 32.5 Å². The predicted octanol–water partition coefficient (Wildman–Crippen LogP) is 16.7. The van der Waals surface area contributed by atoms with E-state index >= 15 is 0 Å². The normalized spacial score (nSPS) is 14.4. The highest BCUT2D eigenvalue weighted by molar-refractivity contribution is 7.45. The Kier molecular flexibility index (Phi) is 49.2. The lowest BCUT2D eigenvalue weighted by atomic mass is 10.1. The number of rotatable bonds is 49. The Balaban J connectivity index is 4.32. The summed E-state index contributed by atoms with van der Waals surface area (Å²) in [6.45, 7) is 3.95. The fraction of sp³-hybridized carbons (Fsp3) is 0.613. The number of unbranched alkanes of at least 4 members (excludes halogenated alkanes) is 13.